The maximum Gasteiger partial charge on any atom is 0.387 e. The molecule has 1 aliphatic rings. The number of carbonyl (C=O) groups excluding carboxylic acids is 2. The summed E-state index contributed by atoms with van der Waals surface area (Å²) >= 11 is 5.78. The van der Waals surface area contributed by atoms with Crippen molar-refractivity contribution in [1.29, 1.82) is 0 Å². The van der Waals surface area contributed by atoms with Crippen molar-refractivity contribution in [2.24, 2.45) is 5.92 Å². The lowest BCUT2D eigenvalue weighted by molar-refractivity contribution is -0.130. The van der Waals surface area contributed by atoms with Crippen LogP contribution < -0.4 is 10.1 Å². The number of alkyl halides is 2. The normalized spacial score (nSPS) is 14.9. The van der Waals surface area contributed by atoms with Gasteiger partial charge in [-0.2, -0.15) is 8.78 Å². The number of likely N-dealkylation sites (tertiary alicyclic amines) is 1. The van der Waals surface area contributed by atoms with Crippen LogP contribution in [0.15, 0.2) is 48.7 Å². The van der Waals surface area contributed by atoms with E-state index in [4.69, 9.17) is 11.6 Å². The van der Waals surface area contributed by atoms with Crippen molar-refractivity contribution in [2.45, 2.75) is 19.5 Å². The lowest BCUT2D eigenvalue weighted by atomic mass is 9.96. The van der Waals surface area contributed by atoms with E-state index in [1.807, 2.05) is 0 Å². The summed E-state index contributed by atoms with van der Waals surface area (Å²) in [5, 5.41) is 3.23. The highest BCUT2D eigenvalue weighted by Crippen LogP contribution is 2.23. The molecule has 2 aromatic rings. The number of hydrogen-bond donors (Lipinski definition) is 1. The van der Waals surface area contributed by atoms with Gasteiger partial charge in [0.25, 0.3) is 0 Å². The predicted molar refractivity (Wildman–Crippen MR) is 109 cm³/mol. The average Bonchev–Trinajstić information content (AvgIpc) is 2.74. The van der Waals surface area contributed by atoms with Crippen LogP contribution in [0.3, 0.4) is 0 Å². The minimum Gasteiger partial charge on any atom is -0.434 e. The van der Waals surface area contributed by atoms with E-state index in [1.54, 1.807) is 35.2 Å². The molecule has 1 aromatic carbocycles. The summed E-state index contributed by atoms with van der Waals surface area (Å²) < 4.78 is 29.4. The Morgan fingerprint density at radius 3 is 2.60 bits per heavy atom. The first kappa shape index (κ1) is 21.7. The summed E-state index contributed by atoms with van der Waals surface area (Å²) in [5.41, 5.74) is 0.385. The summed E-state index contributed by atoms with van der Waals surface area (Å²) in [6.07, 6.45) is 5.26. The Bertz CT molecular complexity index is 914. The van der Waals surface area contributed by atoms with Crippen molar-refractivity contribution in [3.8, 4) is 5.75 Å². The van der Waals surface area contributed by atoms with Crippen LogP contribution in [0.4, 0.5) is 14.6 Å². The number of ether oxygens (including phenoxy) is 1. The number of nitrogens with zero attached hydrogens (tertiary/aromatic N) is 2. The molecule has 0 saturated carbocycles. The van der Waals surface area contributed by atoms with Crippen LogP contribution in [-0.2, 0) is 9.59 Å². The number of benzene rings is 1. The standard InChI is InChI=1S/C21H20ClF2N3O3/c22-16-6-7-18(25-13-16)26-20(29)15-9-11-27(12-10-15)19(28)8-5-14-3-1-2-4-17(14)30-21(23)24/h1-8,13,15,21H,9-12H2,(H,25,26,29)/b8-5+. The molecule has 0 radical (unpaired) electrons. The second-order valence-corrected chi connectivity index (χ2v) is 7.14. The molecule has 0 unspecified atom stereocenters. The number of pyridine rings is 1. The molecule has 9 heteroatoms. The number of amides is 2. The monoisotopic (exact) mass is 435 g/mol. The largest absolute Gasteiger partial charge is 0.434 e. The molecule has 6 nitrogen and oxygen atoms in total. The molecule has 3 rings (SSSR count). The summed E-state index contributed by atoms with van der Waals surface area (Å²) in [7, 11) is 0. The molecule has 2 heterocycles. The number of para-hydroxylation sites is 1. The van der Waals surface area contributed by atoms with Gasteiger partial charge in [-0.25, -0.2) is 4.98 Å². The van der Waals surface area contributed by atoms with E-state index in [1.165, 1.54) is 24.4 Å². The third-order valence-corrected chi connectivity index (χ3v) is 4.92. The van der Waals surface area contributed by atoms with Crippen LogP contribution in [0.25, 0.3) is 6.08 Å². The molecule has 1 saturated heterocycles. The Balaban J connectivity index is 1.52. The lowest BCUT2D eigenvalue weighted by Gasteiger charge is -2.30. The van der Waals surface area contributed by atoms with Gasteiger partial charge in [-0.1, -0.05) is 29.8 Å². The van der Waals surface area contributed by atoms with E-state index < -0.39 is 6.61 Å². The molecule has 0 spiro atoms. The number of nitrogens with one attached hydrogen (secondary N) is 1. The maximum absolute atomic E-state index is 12.5. The van der Waals surface area contributed by atoms with Crippen LogP contribution in [0, 0.1) is 5.92 Å². The van der Waals surface area contributed by atoms with Crippen molar-refractivity contribution in [3.05, 3.63) is 59.3 Å². The van der Waals surface area contributed by atoms with Gasteiger partial charge in [-0.15, -0.1) is 0 Å². The number of carbonyl (C=O) groups is 2. The van der Waals surface area contributed by atoms with E-state index >= 15 is 0 Å². The second-order valence-electron chi connectivity index (χ2n) is 6.70. The molecule has 1 aliphatic heterocycles. The van der Waals surface area contributed by atoms with E-state index in [0.29, 0.717) is 42.3 Å². The number of piperidine rings is 1. The number of aromatic nitrogens is 1. The summed E-state index contributed by atoms with van der Waals surface area (Å²) in [4.78, 5) is 30.5. The second kappa shape index (κ2) is 10.2. The highest BCUT2D eigenvalue weighted by Gasteiger charge is 2.26. The Labute approximate surface area is 177 Å². The first-order chi connectivity index (χ1) is 14.4. The maximum atomic E-state index is 12.5. The van der Waals surface area contributed by atoms with Crippen LogP contribution in [0.5, 0.6) is 5.75 Å². The molecule has 0 aliphatic carbocycles. The van der Waals surface area contributed by atoms with Gasteiger partial charge >= 0.3 is 6.61 Å². The van der Waals surface area contributed by atoms with Crippen molar-refractivity contribution in [1.82, 2.24) is 9.88 Å². The molecule has 30 heavy (non-hydrogen) atoms. The van der Waals surface area contributed by atoms with Crippen LogP contribution >= 0.6 is 11.6 Å². The van der Waals surface area contributed by atoms with Crippen molar-refractivity contribution in [2.75, 3.05) is 18.4 Å². The molecule has 1 aromatic heterocycles. The number of rotatable bonds is 6. The molecule has 1 fully saturated rings. The first-order valence-corrected chi connectivity index (χ1v) is 9.73. The van der Waals surface area contributed by atoms with Gasteiger partial charge in [-0.05, 0) is 37.1 Å². The quantitative estimate of drug-likeness (QED) is 0.689. The fourth-order valence-corrected chi connectivity index (χ4v) is 3.24. The summed E-state index contributed by atoms with van der Waals surface area (Å²) in [5.74, 6) is -0.195. The Morgan fingerprint density at radius 1 is 1.20 bits per heavy atom. The zero-order chi connectivity index (χ0) is 21.5. The molecule has 158 valence electrons. The summed E-state index contributed by atoms with van der Waals surface area (Å²) in [6, 6.07) is 9.51. The van der Waals surface area contributed by atoms with Gasteiger partial charge < -0.3 is 15.0 Å². The third-order valence-electron chi connectivity index (χ3n) is 4.70. The smallest absolute Gasteiger partial charge is 0.387 e. The average molecular weight is 436 g/mol. The van der Waals surface area contributed by atoms with Gasteiger partial charge in [-0.3, -0.25) is 9.59 Å². The fraction of sp³-hybridized carbons (Fsp3) is 0.286. The predicted octanol–water partition coefficient (Wildman–Crippen LogP) is 4.23. The van der Waals surface area contributed by atoms with E-state index in [0.717, 1.165) is 0 Å². The minimum atomic E-state index is -2.94. The van der Waals surface area contributed by atoms with Gasteiger partial charge in [0.1, 0.15) is 11.6 Å². The fourth-order valence-electron chi connectivity index (χ4n) is 3.13. The number of anilines is 1. The SMILES string of the molecule is O=C(Nc1ccc(Cl)cn1)C1CCN(C(=O)/C=C/c2ccccc2OC(F)F)CC1. The van der Waals surface area contributed by atoms with Gasteiger partial charge in [0.05, 0.1) is 5.02 Å². The lowest BCUT2D eigenvalue weighted by Crippen LogP contribution is -2.40. The molecule has 0 bridgehead atoms. The van der Waals surface area contributed by atoms with Crippen LogP contribution in [-0.4, -0.2) is 41.4 Å². The van der Waals surface area contributed by atoms with Crippen molar-refractivity contribution in [3.63, 3.8) is 0 Å². The molecule has 2 amide bonds. The first-order valence-electron chi connectivity index (χ1n) is 9.35. The number of hydrogen-bond acceptors (Lipinski definition) is 4. The van der Waals surface area contributed by atoms with E-state index in [9.17, 15) is 18.4 Å². The van der Waals surface area contributed by atoms with E-state index in [-0.39, 0.29) is 23.5 Å². The van der Waals surface area contributed by atoms with Crippen molar-refractivity contribution >= 4 is 35.3 Å². The van der Waals surface area contributed by atoms with Crippen LogP contribution in [0.2, 0.25) is 5.02 Å². The van der Waals surface area contributed by atoms with Gasteiger partial charge in [0.15, 0.2) is 0 Å². The van der Waals surface area contributed by atoms with Crippen molar-refractivity contribution < 1.29 is 23.1 Å². The van der Waals surface area contributed by atoms with E-state index in [2.05, 4.69) is 15.0 Å². The number of halogens is 3. The highest BCUT2D eigenvalue weighted by molar-refractivity contribution is 6.30. The van der Waals surface area contributed by atoms with Crippen LogP contribution in [0.1, 0.15) is 18.4 Å². The summed E-state index contributed by atoms with van der Waals surface area (Å²) in [6.45, 7) is -2.10. The zero-order valence-corrected chi connectivity index (χ0v) is 16.7. The molecule has 1 N–H and O–H groups in total. The Kier molecular flexibility index (Phi) is 7.35. The molecular formula is C21H20ClF2N3O3. The zero-order valence-electron chi connectivity index (χ0n) is 15.9. The highest BCUT2D eigenvalue weighted by atomic mass is 35.5. The molecule has 0 atom stereocenters. The third kappa shape index (κ3) is 6.00. The van der Waals surface area contributed by atoms with Gasteiger partial charge in [0, 0.05) is 36.8 Å². The molecular weight excluding hydrogens is 416 g/mol. The topological polar surface area (TPSA) is 71.5 Å². The Hall–Kier alpha value is -3.00. The minimum absolute atomic E-state index is 0.00254. The van der Waals surface area contributed by atoms with Gasteiger partial charge in [0.2, 0.25) is 11.8 Å². The Morgan fingerprint density at radius 2 is 1.93 bits per heavy atom.